The first kappa shape index (κ1) is 13.1. The van der Waals surface area contributed by atoms with Gasteiger partial charge in [0.15, 0.2) is 0 Å². The Morgan fingerprint density at radius 2 is 1.78 bits per heavy atom. The summed E-state index contributed by atoms with van der Waals surface area (Å²) < 4.78 is 37.5. The number of hydrogen-bond donors (Lipinski definition) is 0. The number of halogens is 5. The SMILES string of the molecule is FC(F)(F)c1cc(-c2ncc(Cl)cc2Cl)ccn1. The first-order valence-corrected chi connectivity index (χ1v) is 5.48. The summed E-state index contributed by atoms with van der Waals surface area (Å²) in [5, 5.41) is 0.496. The molecule has 2 heterocycles. The average Bonchev–Trinajstić information content (AvgIpc) is 2.28. The van der Waals surface area contributed by atoms with Gasteiger partial charge >= 0.3 is 6.18 Å². The van der Waals surface area contributed by atoms with Crippen molar-refractivity contribution in [3.05, 3.63) is 46.3 Å². The Kier molecular flexibility index (Phi) is 3.45. The van der Waals surface area contributed by atoms with E-state index in [4.69, 9.17) is 23.2 Å². The minimum absolute atomic E-state index is 0.182. The van der Waals surface area contributed by atoms with E-state index in [9.17, 15) is 13.2 Å². The van der Waals surface area contributed by atoms with Crippen molar-refractivity contribution in [2.45, 2.75) is 6.18 Å². The van der Waals surface area contributed by atoms with Crippen molar-refractivity contribution in [2.24, 2.45) is 0 Å². The van der Waals surface area contributed by atoms with Crippen LogP contribution >= 0.6 is 23.2 Å². The van der Waals surface area contributed by atoms with Crippen molar-refractivity contribution in [3.8, 4) is 11.3 Å². The highest BCUT2D eigenvalue weighted by molar-refractivity contribution is 6.36. The molecule has 2 nitrogen and oxygen atoms in total. The second-order valence-corrected chi connectivity index (χ2v) is 4.26. The summed E-state index contributed by atoms with van der Waals surface area (Å²) >= 11 is 11.6. The molecule has 0 bridgehead atoms. The molecule has 0 N–H and O–H groups in total. The molecule has 0 saturated heterocycles. The Balaban J connectivity index is 2.51. The summed E-state index contributed by atoms with van der Waals surface area (Å²) in [6.45, 7) is 0. The van der Waals surface area contributed by atoms with Crippen LogP contribution in [0.3, 0.4) is 0 Å². The van der Waals surface area contributed by atoms with E-state index in [0.717, 1.165) is 12.3 Å². The molecule has 2 aromatic heterocycles. The van der Waals surface area contributed by atoms with Gasteiger partial charge < -0.3 is 0 Å². The van der Waals surface area contributed by atoms with Crippen LogP contribution in [-0.4, -0.2) is 9.97 Å². The van der Waals surface area contributed by atoms with Crippen molar-refractivity contribution < 1.29 is 13.2 Å². The fraction of sp³-hybridized carbons (Fsp3) is 0.0909. The van der Waals surface area contributed by atoms with Crippen LogP contribution in [0, 0.1) is 0 Å². The Bertz CT molecular complexity index is 585. The maximum Gasteiger partial charge on any atom is 0.433 e. The van der Waals surface area contributed by atoms with Crippen LogP contribution in [0.5, 0.6) is 0 Å². The molecule has 2 rings (SSSR count). The largest absolute Gasteiger partial charge is 0.433 e. The third-order valence-electron chi connectivity index (χ3n) is 2.13. The molecule has 0 spiro atoms. The fourth-order valence-corrected chi connectivity index (χ4v) is 1.85. The van der Waals surface area contributed by atoms with Crippen LogP contribution in [0.15, 0.2) is 30.6 Å². The van der Waals surface area contributed by atoms with E-state index in [2.05, 4.69) is 9.97 Å². The third kappa shape index (κ3) is 2.73. The quantitative estimate of drug-likeness (QED) is 0.775. The van der Waals surface area contributed by atoms with Crippen LogP contribution in [-0.2, 0) is 6.18 Å². The molecule has 0 radical (unpaired) electrons. The normalized spacial score (nSPS) is 11.6. The Hall–Kier alpha value is -1.33. The molecule has 0 amide bonds. The molecule has 0 fully saturated rings. The summed E-state index contributed by atoms with van der Waals surface area (Å²) in [6, 6.07) is 3.71. The monoisotopic (exact) mass is 292 g/mol. The van der Waals surface area contributed by atoms with Gasteiger partial charge in [-0.25, -0.2) is 0 Å². The van der Waals surface area contributed by atoms with Crippen molar-refractivity contribution in [3.63, 3.8) is 0 Å². The molecule has 0 aliphatic heterocycles. The summed E-state index contributed by atoms with van der Waals surface area (Å²) in [5.41, 5.74) is -0.527. The van der Waals surface area contributed by atoms with Crippen LogP contribution < -0.4 is 0 Å². The molecule has 0 aliphatic carbocycles. The van der Waals surface area contributed by atoms with Gasteiger partial charge in [0.05, 0.1) is 15.7 Å². The summed E-state index contributed by atoms with van der Waals surface area (Å²) in [4.78, 5) is 7.17. The summed E-state index contributed by atoms with van der Waals surface area (Å²) in [7, 11) is 0. The Morgan fingerprint density at radius 1 is 1.06 bits per heavy atom. The van der Waals surface area contributed by atoms with E-state index in [0.29, 0.717) is 5.02 Å². The van der Waals surface area contributed by atoms with Gasteiger partial charge in [0.25, 0.3) is 0 Å². The fourth-order valence-electron chi connectivity index (χ4n) is 1.36. The molecule has 0 unspecified atom stereocenters. The van der Waals surface area contributed by atoms with Crippen molar-refractivity contribution >= 4 is 23.2 Å². The smallest absolute Gasteiger partial charge is 0.253 e. The first-order valence-electron chi connectivity index (χ1n) is 4.72. The van der Waals surface area contributed by atoms with E-state index in [1.807, 2.05) is 0 Å². The number of rotatable bonds is 1. The van der Waals surface area contributed by atoms with Crippen molar-refractivity contribution in [1.29, 1.82) is 0 Å². The van der Waals surface area contributed by atoms with E-state index >= 15 is 0 Å². The lowest BCUT2D eigenvalue weighted by atomic mass is 10.1. The highest BCUT2D eigenvalue weighted by atomic mass is 35.5. The predicted octanol–water partition coefficient (Wildman–Crippen LogP) is 4.47. The lowest BCUT2D eigenvalue weighted by Crippen LogP contribution is -2.07. The van der Waals surface area contributed by atoms with Crippen LogP contribution in [0.1, 0.15) is 5.69 Å². The highest BCUT2D eigenvalue weighted by Gasteiger charge is 2.32. The van der Waals surface area contributed by atoms with E-state index in [1.54, 1.807) is 0 Å². The molecule has 0 aliphatic rings. The zero-order chi connectivity index (χ0) is 13.3. The zero-order valence-corrected chi connectivity index (χ0v) is 10.2. The topological polar surface area (TPSA) is 25.8 Å². The van der Waals surface area contributed by atoms with Gasteiger partial charge in [0.1, 0.15) is 5.69 Å². The summed E-state index contributed by atoms with van der Waals surface area (Å²) in [6.07, 6.45) is -2.13. The van der Waals surface area contributed by atoms with E-state index in [-0.39, 0.29) is 16.3 Å². The number of hydrogen-bond acceptors (Lipinski definition) is 2. The number of nitrogens with zero attached hydrogens (tertiary/aromatic N) is 2. The minimum Gasteiger partial charge on any atom is -0.253 e. The zero-order valence-electron chi connectivity index (χ0n) is 8.67. The maximum atomic E-state index is 12.5. The molecule has 0 aromatic carbocycles. The van der Waals surface area contributed by atoms with Gasteiger partial charge in [-0.3, -0.25) is 9.97 Å². The second kappa shape index (κ2) is 4.74. The number of pyridine rings is 2. The van der Waals surface area contributed by atoms with Gasteiger partial charge in [-0.15, -0.1) is 0 Å². The number of alkyl halides is 3. The van der Waals surface area contributed by atoms with Crippen LogP contribution in [0.4, 0.5) is 13.2 Å². The average molecular weight is 293 g/mol. The van der Waals surface area contributed by atoms with Gasteiger partial charge in [0, 0.05) is 18.0 Å². The Labute approximate surface area is 110 Å². The third-order valence-corrected chi connectivity index (χ3v) is 2.63. The predicted molar refractivity (Wildman–Crippen MR) is 62.5 cm³/mol. The maximum absolute atomic E-state index is 12.5. The van der Waals surface area contributed by atoms with Crippen LogP contribution in [0.25, 0.3) is 11.3 Å². The number of aromatic nitrogens is 2. The molecule has 0 saturated carbocycles. The van der Waals surface area contributed by atoms with E-state index < -0.39 is 11.9 Å². The molecular formula is C11H5Cl2F3N2. The lowest BCUT2D eigenvalue weighted by Gasteiger charge is -2.08. The molecule has 2 aromatic rings. The molecule has 18 heavy (non-hydrogen) atoms. The van der Waals surface area contributed by atoms with Gasteiger partial charge in [0.2, 0.25) is 0 Å². The highest BCUT2D eigenvalue weighted by Crippen LogP contribution is 2.32. The van der Waals surface area contributed by atoms with Gasteiger partial charge in [-0.05, 0) is 18.2 Å². The molecule has 0 atom stereocenters. The minimum atomic E-state index is -4.51. The molecular weight excluding hydrogens is 288 g/mol. The van der Waals surface area contributed by atoms with Crippen molar-refractivity contribution in [2.75, 3.05) is 0 Å². The second-order valence-electron chi connectivity index (χ2n) is 3.41. The summed E-state index contributed by atoms with van der Waals surface area (Å²) in [5.74, 6) is 0. The van der Waals surface area contributed by atoms with Gasteiger partial charge in [-0.1, -0.05) is 23.2 Å². The van der Waals surface area contributed by atoms with Crippen LogP contribution in [0.2, 0.25) is 10.0 Å². The molecule has 7 heteroatoms. The van der Waals surface area contributed by atoms with Crippen molar-refractivity contribution in [1.82, 2.24) is 9.97 Å². The molecule has 94 valence electrons. The standard InChI is InChI=1S/C11H5Cl2F3N2/c12-7-4-8(13)10(18-5-7)6-1-2-17-9(3-6)11(14,15)16/h1-5H. The Morgan fingerprint density at radius 3 is 2.39 bits per heavy atom. The lowest BCUT2D eigenvalue weighted by molar-refractivity contribution is -0.141. The van der Waals surface area contributed by atoms with Gasteiger partial charge in [-0.2, -0.15) is 13.2 Å². The first-order chi connectivity index (χ1) is 8.38. The van der Waals surface area contributed by atoms with E-state index in [1.165, 1.54) is 18.3 Å².